The molecule has 1 aliphatic heterocycles. The van der Waals surface area contributed by atoms with Gasteiger partial charge in [-0.25, -0.2) is 0 Å². The van der Waals surface area contributed by atoms with Crippen molar-refractivity contribution in [2.24, 2.45) is 0 Å². The molecule has 3 nitrogen and oxygen atoms in total. The molecular formula is C11H13NO2. The molecule has 1 heterocycles. The van der Waals surface area contributed by atoms with E-state index in [1.807, 2.05) is 13.0 Å². The van der Waals surface area contributed by atoms with Gasteiger partial charge in [-0.15, -0.1) is 0 Å². The number of nitrogens with one attached hydrogen (secondary N) is 1. The van der Waals surface area contributed by atoms with Gasteiger partial charge in [0.05, 0.1) is 0 Å². The number of amides is 1. The van der Waals surface area contributed by atoms with Crippen molar-refractivity contribution in [2.45, 2.75) is 18.8 Å². The lowest BCUT2D eigenvalue weighted by Crippen LogP contribution is -2.24. The fourth-order valence-corrected chi connectivity index (χ4v) is 1.86. The van der Waals surface area contributed by atoms with E-state index < -0.39 is 0 Å². The van der Waals surface area contributed by atoms with Crippen LogP contribution in [0.3, 0.4) is 0 Å². The summed E-state index contributed by atoms with van der Waals surface area (Å²) in [5, 5.41) is 12.2. The Kier molecular flexibility index (Phi) is 1.95. The van der Waals surface area contributed by atoms with Crippen LogP contribution in [0.1, 0.15) is 18.9 Å². The predicted molar refractivity (Wildman–Crippen MR) is 53.1 cm³/mol. The highest BCUT2D eigenvalue weighted by Crippen LogP contribution is 2.32. The minimum Gasteiger partial charge on any atom is -0.508 e. The van der Waals surface area contributed by atoms with Crippen molar-refractivity contribution in [2.75, 3.05) is 6.54 Å². The molecule has 3 heteroatoms. The van der Waals surface area contributed by atoms with Crippen molar-refractivity contribution in [3.05, 3.63) is 29.8 Å². The Morgan fingerprint density at radius 2 is 2.29 bits per heavy atom. The Morgan fingerprint density at radius 3 is 2.86 bits per heavy atom. The third kappa shape index (κ3) is 1.45. The standard InChI is InChI=1S/C11H13NO2/c1-11(6-10(14)12-7-11)8-3-2-4-9(13)5-8/h2-5,13H,6-7H2,1H3,(H,12,14). The molecule has 0 saturated carbocycles. The molecule has 1 aliphatic rings. The number of phenols is 1. The molecule has 1 amide bonds. The molecule has 0 aromatic heterocycles. The van der Waals surface area contributed by atoms with Gasteiger partial charge in [0.15, 0.2) is 0 Å². The van der Waals surface area contributed by atoms with Crippen molar-refractivity contribution >= 4 is 5.91 Å². The summed E-state index contributed by atoms with van der Waals surface area (Å²) in [4.78, 5) is 11.1. The van der Waals surface area contributed by atoms with E-state index in [2.05, 4.69) is 5.32 Å². The average Bonchev–Trinajstić information content (AvgIpc) is 2.48. The number of carbonyl (C=O) groups excluding carboxylic acids is 1. The zero-order valence-corrected chi connectivity index (χ0v) is 8.08. The third-order valence-electron chi connectivity index (χ3n) is 2.77. The smallest absolute Gasteiger partial charge is 0.220 e. The van der Waals surface area contributed by atoms with Crippen LogP contribution in [0.4, 0.5) is 0 Å². The van der Waals surface area contributed by atoms with Crippen molar-refractivity contribution in [3.8, 4) is 5.75 Å². The summed E-state index contributed by atoms with van der Waals surface area (Å²) in [7, 11) is 0. The summed E-state index contributed by atoms with van der Waals surface area (Å²) in [5.41, 5.74) is 0.839. The molecule has 2 N–H and O–H groups in total. The summed E-state index contributed by atoms with van der Waals surface area (Å²) in [6.45, 7) is 2.68. The zero-order valence-electron chi connectivity index (χ0n) is 8.08. The van der Waals surface area contributed by atoms with E-state index >= 15 is 0 Å². The molecular weight excluding hydrogens is 178 g/mol. The lowest BCUT2D eigenvalue weighted by atomic mass is 9.82. The number of phenolic OH excluding ortho intramolecular Hbond substituents is 1. The second-order valence-corrected chi connectivity index (χ2v) is 4.06. The van der Waals surface area contributed by atoms with E-state index in [0.717, 1.165) is 5.56 Å². The molecule has 2 rings (SSSR count). The highest BCUT2D eigenvalue weighted by Gasteiger charge is 2.35. The van der Waals surface area contributed by atoms with E-state index in [4.69, 9.17) is 0 Å². The fourth-order valence-electron chi connectivity index (χ4n) is 1.86. The van der Waals surface area contributed by atoms with Gasteiger partial charge in [0.25, 0.3) is 0 Å². The molecule has 14 heavy (non-hydrogen) atoms. The van der Waals surface area contributed by atoms with Crippen LogP contribution < -0.4 is 5.32 Å². The van der Waals surface area contributed by atoms with Gasteiger partial charge in [0, 0.05) is 18.4 Å². The molecule has 1 unspecified atom stereocenters. The zero-order chi connectivity index (χ0) is 10.2. The number of hydrogen-bond acceptors (Lipinski definition) is 2. The van der Waals surface area contributed by atoms with Crippen LogP contribution in [0.15, 0.2) is 24.3 Å². The molecule has 0 bridgehead atoms. The average molecular weight is 191 g/mol. The van der Waals surface area contributed by atoms with E-state index in [-0.39, 0.29) is 17.1 Å². The minimum absolute atomic E-state index is 0.0795. The Labute approximate surface area is 82.8 Å². The summed E-state index contributed by atoms with van der Waals surface area (Å²) in [6.07, 6.45) is 0.496. The molecule has 0 spiro atoms. The number of carbonyl (C=O) groups is 1. The second-order valence-electron chi connectivity index (χ2n) is 4.06. The first-order chi connectivity index (χ1) is 6.60. The topological polar surface area (TPSA) is 49.3 Å². The first kappa shape index (κ1) is 9.06. The Balaban J connectivity index is 2.34. The summed E-state index contributed by atoms with van der Waals surface area (Å²) < 4.78 is 0. The quantitative estimate of drug-likeness (QED) is 0.700. The van der Waals surface area contributed by atoms with Crippen molar-refractivity contribution in [1.82, 2.24) is 5.32 Å². The molecule has 1 atom stereocenters. The molecule has 74 valence electrons. The van der Waals surface area contributed by atoms with Crippen LogP contribution in [0.25, 0.3) is 0 Å². The van der Waals surface area contributed by atoms with Gasteiger partial charge in [-0.2, -0.15) is 0 Å². The molecule has 1 aromatic carbocycles. The van der Waals surface area contributed by atoms with Gasteiger partial charge in [-0.1, -0.05) is 19.1 Å². The monoisotopic (exact) mass is 191 g/mol. The van der Waals surface area contributed by atoms with Gasteiger partial charge in [-0.3, -0.25) is 4.79 Å². The maximum absolute atomic E-state index is 11.1. The molecule has 0 aliphatic carbocycles. The highest BCUT2D eigenvalue weighted by atomic mass is 16.3. The van der Waals surface area contributed by atoms with E-state index in [0.29, 0.717) is 13.0 Å². The minimum atomic E-state index is -0.171. The van der Waals surface area contributed by atoms with Gasteiger partial charge in [-0.05, 0) is 17.7 Å². The molecule has 1 fully saturated rings. The molecule has 0 radical (unpaired) electrons. The Morgan fingerprint density at radius 1 is 1.50 bits per heavy atom. The summed E-state index contributed by atoms with van der Waals surface area (Å²) in [5.74, 6) is 0.332. The van der Waals surface area contributed by atoms with Crippen molar-refractivity contribution in [1.29, 1.82) is 0 Å². The maximum Gasteiger partial charge on any atom is 0.220 e. The van der Waals surface area contributed by atoms with Crippen LogP contribution in [0, 0.1) is 0 Å². The highest BCUT2D eigenvalue weighted by molar-refractivity contribution is 5.80. The SMILES string of the molecule is CC1(c2cccc(O)c2)CNC(=O)C1. The van der Waals surface area contributed by atoms with Crippen molar-refractivity contribution < 1.29 is 9.90 Å². The van der Waals surface area contributed by atoms with Crippen LogP contribution in [-0.2, 0) is 10.2 Å². The van der Waals surface area contributed by atoms with Crippen LogP contribution in [-0.4, -0.2) is 17.6 Å². The third-order valence-corrected chi connectivity index (χ3v) is 2.77. The summed E-state index contributed by atoms with van der Waals surface area (Å²) in [6, 6.07) is 7.11. The summed E-state index contributed by atoms with van der Waals surface area (Å²) >= 11 is 0. The number of benzene rings is 1. The number of hydrogen-bond donors (Lipinski definition) is 2. The van der Waals surface area contributed by atoms with Gasteiger partial charge in [0.1, 0.15) is 5.75 Å². The molecule has 1 saturated heterocycles. The molecule has 1 aromatic rings. The van der Waals surface area contributed by atoms with Crippen LogP contribution >= 0.6 is 0 Å². The predicted octanol–water partition coefficient (Wildman–Crippen LogP) is 1.17. The fraction of sp³-hybridized carbons (Fsp3) is 0.364. The van der Waals surface area contributed by atoms with Crippen molar-refractivity contribution in [3.63, 3.8) is 0 Å². The lowest BCUT2D eigenvalue weighted by molar-refractivity contribution is -0.119. The van der Waals surface area contributed by atoms with Gasteiger partial charge >= 0.3 is 0 Å². The Hall–Kier alpha value is -1.51. The van der Waals surface area contributed by atoms with Gasteiger partial charge in [0.2, 0.25) is 5.91 Å². The number of rotatable bonds is 1. The largest absolute Gasteiger partial charge is 0.508 e. The first-order valence-electron chi connectivity index (χ1n) is 4.66. The van der Waals surface area contributed by atoms with Crippen LogP contribution in [0.2, 0.25) is 0 Å². The maximum atomic E-state index is 11.1. The second kappa shape index (κ2) is 3.01. The first-order valence-corrected chi connectivity index (χ1v) is 4.66. The lowest BCUT2D eigenvalue weighted by Gasteiger charge is -2.21. The van der Waals surface area contributed by atoms with E-state index in [1.54, 1.807) is 18.2 Å². The number of aromatic hydroxyl groups is 1. The van der Waals surface area contributed by atoms with E-state index in [1.165, 1.54) is 0 Å². The Bertz CT molecular complexity index is 375. The van der Waals surface area contributed by atoms with Gasteiger partial charge < -0.3 is 10.4 Å². The van der Waals surface area contributed by atoms with E-state index in [9.17, 15) is 9.90 Å². The normalized spacial score (nSPS) is 26.2. The van der Waals surface area contributed by atoms with Crippen LogP contribution in [0.5, 0.6) is 5.75 Å².